The van der Waals surface area contributed by atoms with Gasteiger partial charge in [0.05, 0.1) is 13.4 Å². The molecule has 33 heavy (non-hydrogen) atoms. The smallest absolute Gasteiger partial charge is 0.173 e. The summed E-state index contributed by atoms with van der Waals surface area (Å²) in [5, 5.41) is 12.8. The number of ether oxygens (including phenoxy) is 1. The van der Waals surface area contributed by atoms with Crippen molar-refractivity contribution in [2.24, 2.45) is 0 Å². The van der Waals surface area contributed by atoms with Gasteiger partial charge in [-0.1, -0.05) is 48.5 Å². The Labute approximate surface area is 193 Å². The van der Waals surface area contributed by atoms with Crippen molar-refractivity contribution in [3.05, 3.63) is 95.7 Å². The quantitative estimate of drug-likeness (QED) is 0.413. The maximum atomic E-state index is 5.73. The van der Waals surface area contributed by atoms with Crippen LogP contribution in [0.4, 0.5) is 0 Å². The maximum absolute atomic E-state index is 5.73. The van der Waals surface area contributed by atoms with Gasteiger partial charge in [-0.2, -0.15) is 0 Å². The zero-order valence-corrected chi connectivity index (χ0v) is 18.7. The second-order valence-electron chi connectivity index (χ2n) is 8.22. The molecule has 2 aromatic heterocycles. The van der Waals surface area contributed by atoms with Crippen molar-refractivity contribution in [1.29, 1.82) is 0 Å². The molecule has 170 valence electrons. The lowest BCUT2D eigenvalue weighted by molar-refractivity contribution is 0.0992. The highest BCUT2D eigenvalue weighted by molar-refractivity contribution is 5.39. The monoisotopic (exact) mass is 444 g/mol. The van der Waals surface area contributed by atoms with E-state index >= 15 is 0 Å². The van der Waals surface area contributed by atoms with E-state index in [9.17, 15) is 0 Å². The summed E-state index contributed by atoms with van der Waals surface area (Å²) in [4.78, 5) is 4.95. The summed E-state index contributed by atoms with van der Waals surface area (Å²) in [6.45, 7) is 5.20. The van der Waals surface area contributed by atoms with Crippen LogP contribution in [0.15, 0.2) is 77.4 Å². The summed E-state index contributed by atoms with van der Waals surface area (Å²) in [7, 11) is 1.71. The molecular weight excluding hydrogens is 416 g/mol. The molecule has 3 heterocycles. The fraction of sp³-hybridized carbons (Fsp3) is 0.320. The lowest BCUT2D eigenvalue weighted by Crippen LogP contribution is -2.48. The zero-order valence-electron chi connectivity index (χ0n) is 18.7. The van der Waals surface area contributed by atoms with Gasteiger partial charge in [0, 0.05) is 38.3 Å². The van der Waals surface area contributed by atoms with E-state index < -0.39 is 0 Å². The van der Waals surface area contributed by atoms with Crippen LogP contribution in [0.2, 0.25) is 0 Å². The summed E-state index contributed by atoms with van der Waals surface area (Å²) < 4.78 is 13.1. The van der Waals surface area contributed by atoms with Crippen LogP contribution in [0.3, 0.4) is 0 Å². The van der Waals surface area contributed by atoms with Crippen molar-refractivity contribution in [3.63, 3.8) is 0 Å². The third-order valence-corrected chi connectivity index (χ3v) is 6.14. The molecule has 0 bridgehead atoms. The number of hydrogen-bond donors (Lipinski definition) is 0. The first-order valence-corrected chi connectivity index (χ1v) is 11.2. The third kappa shape index (κ3) is 4.81. The molecule has 4 aromatic rings. The van der Waals surface area contributed by atoms with E-state index in [4.69, 9.17) is 9.15 Å². The van der Waals surface area contributed by atoms with Crippen LogP contribution in [0, 0.1) is 0 Å². The van der Waals surface area contributed by atoms with Gasteiger partial charge in [0.2, 0.25) is 0 Å². The minimum atomic E-state index is -0.120. The normalized spacial score (nSPS) is 16.0. The third-order valence-electron chi connectivity index (χ3n) is 6.14. The highest BCUT2D eigenvalue weighted by atomic mass is 16.5. The second-order valence-corrected chi connectivity index (χ2v) is 8.22. The number of piperazine rings is 1. The molecule has 1 fully saturated rings. The molecule has 0 N–H and O–H groups in total. The molecule has 0 aliphatic carbocycles. The number of tetrazole rings is 1. The first kappa shape index (κ1) is 21.4. The number of furan rings is 1. The van der Waals surface area contributed by atoms with Crippen LogP contribution in [-0.4, -0.2) is 63.3 Å². The lowest BCUT2D eigenvalue weighted by Gasteiger charge is -2.39. The minimum absolute atomic E-state index is 0.120. The van der Waals surface area contributed by atoms with Gasteiger partial charge in [-0.15, -0.1) is 5.10 Å². The molecule has 2 aromatic carbocycles. The summed E-state index contributed by atoms with van der Waals surface area (Å²) in [6.07, 6.45) is 1.67. The van der Waals surface area contributed by atoms with Gasteiger partial charge in [0.25, 0.3) is 0 Å². The van der Waals surface area contributed by atoms with Gasteiger partial charge in [-0.05, 0) is 34.2 Å². The first-order valence-electron chi connectivity index (χ1n) is 11.2. The number of nitrogens with zero attached hydrogens (tertiary/aromatic N) is 6. The standard InChI is InChI=1S/C25H28N6O2/c1-32-23-12-6-5-11-22(23)24(25-26-27-28-31(25)19-21-10-7-17-33-21)30-15-13-29(14-16-30)18-20-8-3-2-4-9-20/h2-12,17,24H,13-16,18-19H2,1H3/t24-/m0/s1. The lowest BCUT2D eigenvalue weighted by atomic mass is 10.0. The molecule has 0 unspecified atom stereocenters. The second kappa shape index (κ2) is 9.97. The van der Waals surface area contributed by atoms with Crippen molar-refractivity contribution in [2.75, 3.05) is 33.3 Å². The number of methoxy groups -OCH3 is 1. The van der Waals surface area contributed by atoms with Crippen molar-refractivity contribution < 1.29 is 9.15 Å². The fourth-order valence-corrected chi connectivity index (χ4v) is 4.48. The molecule has 0 spiro atoms. The van der Waals surface area contributed by atoms with E-state index in [0.717, 1.165) is 55.6 Å². The van der Waals surface area contributed by atoms with Crippen LogP contribution >= 0.6 is 0 Å². The van der Waals surface area contributed by atoms with E-state index in [1.807, 2.05) is 35.0 Å². The number of benzene rings is 2. The predicted molar refractivity (Wildman–Crippen MR) is 124 cm³/mol. The van der Waals surface area contributed by atoms with Crippen molar-refractivity contribution in [1.82, 2.24) is 30.0 Å². The van der Waals surface area contributed by atoms with Crippen molar-refractivity contribution in [3.8, 4) is 5.75 Å². The van der Waals surface area contributed by atoms with E-state index in [-0.39, 0.29) is 6.04 Å². The largest absolute Gasteiger partial charge is 0.496 e. The topological polar surface area (TPSA) is 72.4 Å². The zero-order chi connectivity index (χ0) is 22.5. The molecule has 1 saturated heterocycles. The number of aromatic nitrogens is 4. The molecule has 8 nitrogen and oxygen atoms in total. The van der Waals surface area contributed by atoms with Gasteiger partial charge in [-0.25, -0.2) is 4.68 Å². The van der Waals surface area contributed by atoms with Gasteiger partial charge in [0.1, 0.15) is 24.1 Å². The molecule has 0 saturated carbocycles. The highest BCUT2D eigenvalue weighted by Gasteiger charge is 2.32. The first-order chi connectivity index (χ1) is 16.3. The van der Waals surface area contributed by atoms with Gasteiger partial charge in [-0.3, -0.25) is 9.80 Å². The van der Waals surface area contributed by atoms with Crippen LogP contribution < -0.4 is 4.74 Å². The molecule has 8 heteroatoms. The average Bonchev–Trinajstić information content (AvgIpc) is 3.54. The van der Waals surface area contributed by atoms with Gasteiger partial charge in [0.15, 0.2) is 5.82 Å². The Bertz CT molecular complexity index is 1140. The summed E-state index contributed by atoms with van der Waals surface area (Å²) in [5.74, 6) is 2.43. The number of rotatable bonds is 8. The summed E-state index contributed by atoms with van der Waals surface area (Å²) >= 11 is 0. The highest BCUT2D eigenvalue weighted by Crippen LogP contribution is 2.34. The minimum Gasteiger partial charge on any atom is -0.496 e. The van der Waals surface area contributed by atoms with Gasteiger partial charge < -0.3 is 9.15 Å². The van der Waals surface area contributed by atoms with E-state index in [1.165, 1.54) is 5.56 Å². The number of para-hydroxylation sites is 1. The summed E-state index contributed by atoms with van der Waals surface area (Å²) in [6, 6.07) is 22.5. The van der Waals surface area contributed by atoms with Gasteiger partial charge >= 0.3 is 0 Å². The Morgan fingerprint density at radius 3 is 2.45 bits per heavy atom. The van der Waals surface area contributed by atoms with Crippen LogP contribution in [0.5, 0.6) is 5.75 Å². The summed E-state index contributed by atoms with van der Waals surface area (Å²) in [5.41, 5.74) is 2.40. The molecule has 1 aliphatic rings. The fourth-order valence-electron chi connectivity index (χ4n) is 4.48. The molecule has 0 radical (unpaired) electrons. The number of hydrogen-bond acceptors (Lipinski definition) is 7. The predicted octanol–water partition coefficient (Wildman–Crippen LogP) is 3.23. The average molecular weight is 445 g/mol. The Morgan fingerprint density at radius 2 is 1.70 bits per heavy atom. The van der Waals surface area contributed by atoms with Crippen LogP contribution in [0.1, 0.15) is 28.8 Å². The van der Waals surface area contributed by atoms with Crippen LogP contribution in [0.25, 0.3) is 0 Å². The maximum Gasteiger partial charge on any atom is 0.173 e. The Balaban J connectivity index is 1.41. The Morgan fingerprint density at radius 1 is 0.909 bits per heavy atom. The molecule has 5 rings (SSSR count). The Hall–Kier alpha value is -3.49. The molecule has 1 aliphatic heterocycles. The van der Waals surface area contributed by atoms with Crippen molar-refractivity contribution in [2.45, 2.75) is 19.1 Å². The van der Waals surface area contributed by atoms with E-state index in [0.29, 0.717) is 6.54 Å². The van der Waals surface area contributed by atoms with E-state index in [2.05, 4.69) is 61.7 Å². The molecular formula is C25H28N6O2. The van der Waals surface area contributed by atoms with Crippen LogP contribution in [-0.2, 0) is 13.1 Å². The van der Waals surface area contributed by atoms with E-state index in [1.54, 1.807) is 13.4 Å². The SMILES string of the molecule is COc1ccccc1[C@@H](c1nnnn1Cc1ccco1)N1CCN(Cc2ccccc2)CC1. The van der Waals surface area contributed by atoms with Crippen molar-refractivity contribution >= 4 is 0 Å². The Kier molecular flexibility index (Phi) is 6.46. The molecule has 0 amide bonds. The molecule has 1 atom stereocenters.